The number of ether oxygens (including phenoxy) is 2. The maximum absolute atomic E-state index is 13.5. The van der Waals surface area contributed by atoms with Crippen LogP contribution in [0.1, 0.15) is 31.1 Å². The Bertz CT molecular complexity index is 1680. The van der Waals surface area contributed by atoms with Crippen molar-refractivity contribution in [1.82, 2.24) is 4.98 Å². The molecule has 11 heteroatoms. The van der Waals surface area contributed by atoms with E-state index in [1.165, 1.54) is 62.0 Å². The predicted molar refractivity (Wildman–Crippen MR) is 154 cm³/mol. The molecule has 1 unspecified atom stereocenters. The number of anilines is 2. The number of methoxy groups -OCH3 is 1. The van der Waals surface area contributed by atoms with Gasteiger partial charge in [-0.15, -0.1) is 0 Å². The summed E-state index contributed by atoms with van der Waals surface area (Å²) in [5.74, 6) is -0.629. The summed E-state index contributed by atoms with van der Waals surface area (Å²) >= 11 is 0. The van der Waals surface area contributed by atoms with Crippen LogP contribution in [0.5, 0.6) is 5.75 Å². The lowest BCUT2D eigenvalue weighted by molar-refractivity contribution is 0.0635. The third-order valence-electron chi connectivity index (χ3n) is 5.81. The standard InChI is InChI=1S/C30H29FN4O5S/c1-30(2,3)40-29(37)35-24-14-9-21(19-5-10-22(31)11-6-19)17-25(24)34-28(36)20-7-12-23(13-8-20)41(32,38)27-18-33-16-15-26(27)39-4/h5-18,32H,1-4H3,(H,34,36)(H,35,37). The van der Waals surface area contributed by atoms with E-state index in [0.717, 1.165) is 0 Å². The number of aromatic nitrogens is 1. The van der Waals surface area contributed by atoms with Gasteiger partial charge in [-0.2, -0.15) is 0 Å². The number of hydrogen-bond acceptors (Lipinski definition) is 7. The Labute approximate surface area is 237 Å². The molecular formula is C30H29FN4O5S. The Morgan fingerprint density at radius 1 is 0.902 bits per heavy atom. The molecule has 212 valence electrons. The van der Waals surface area contributed by atoms with Crippen LogP contribution in [0.3, 0.4) is 0 Å². The van der Waals surface area contributed by atoms with Gasteiger partial charge in [-0.3, -0.25) is 15.1 Å². The minimum Gasteiger partial charge on any atom is -0.495 e. The molecule has 0 bridgehead atoms. The molecule has 0 saturated carbocycles. The highest BCUT2D eigenvalue weighted by Crippen LogP contribution is 2.32. The molecule has 9 nitrogen and oxygen atoms in total. The van der Waals surface area contributed by atoms with Crippen molar-refractivity contribution in [2.45, 2.75) is 36.2 Å². The van der Waals surface area contributed by atoms with Gasteiger partial charge in [0.1, 0.15) is 31.8 Å². The number of pyridine rings is 1. The highest BCUT2D eigenvalue weighted by atomic mass is 32.2. The van der Waals surface area contributed by atoms with Crippen LogP contribution in [0.25, 0.3) is 11.1 Å². The van der Waals surface area contributed by atoms with Gasteiger partial charge in [0.15, 0.2) is 0 Å². The minimum atomic E-state index is -3.46. The summed E-state index contributed by atoms with van der Waals surface area (Å²) in [7, 11) is -2.05. The molecule has 0 aliphatic rings. The summed E-state index contributed by atoms with van der Waals surface area (Å²) in [4.78, 5) is 30.0. The molecule has 0 aliphatic heterocycles. The highest BCUT2D eigenvalue weighted by Gasteiger charge is 2.21. The van der Waals surface area contributed by atoms with Crippen LogP contribution >= 0.6 is 0 Å². The quantitative estimate of drug-likeness (QED) is 0.218. The second kappa shape index (κ2) is 11.8. The maximum Gasteiger partial charge on any atom is 0.412 e. The third kappa shape index (κ3) is 7.06. The molecule has 4 rings (SSSR count). The van der Waals surface area contributed by atoms with E-state index in [2.05, 4.69) is 15.6 Å². The second-order valence-corrected chi connectivity index (χ2v) is 12.0. The van der Waals surface area contributed by atoms with E-state index in [0.29, 0.717) is 11.1 Å². The van der Waals surface area contributed by atoms with E-state index in [1.54, 1.807) is 51.1 Å². The lowest BCUT2D eigenvalue weighted by Gasteiger charge is -2.21. The molecule has 0 aliphatic carbocycles. The summed E-state index contributed by atoms with van der Waals surface area (Å²) in [6.45, 7) is 5.20. The zero-order chi connectivity index (χ0) is 29.8. The first-order valence-corrected chi connectivity index (χ1v) is 14.0. The highest BCUT2D eigenvalue weighted by molar-refractivity contribution is 7.92. The maximum atomic E-state index is 13.5. The largest absolute Gasteiger partial charge is 0.495 e. The molecule has 0 fully saturated rings. The van der Waals surface area contributed by atoms with Crippen LogP contribution < -0.4 is 15.4 Å². The molecule has 3 N–H and O–H groups in total. The van der Waals surface area contributed by atoms with Gasteiger partial charge in [0.05, 0.1) is 23.4 Å². The van der Waals surface area contributed by atoms with Crippen molar-refractivity contribution in [3.05, 3.63) is 96.6 Å². The molecule has 1 heterocycles. The van der Waals surface area contributed by atoms with Gasteiger partial charge in [-0.1, -0.05) is 18.2 Å². The van der Waals surface area contributed by atoms with E-state index in [4.69, 9.17) is 14.3 Å². The summed E-state index contributed by atoms with van der Waals surface area (Å²) in [5.41, 5.74) is 1.41. The van der Waals surface area contributed by atoms with Crippen LogP contribution in [-0.4, -0.2) is 33.9 Å². The van der Waals surface area contributed by atoms with E-state index >= 15 is 0 Å². The van der Waals surface area contributed by atoms with Crippen LogP contribution in [0, 0.1) is 10.6 Å². The normalized spacial score (nSPS) is 12.6. The van der Waals surface area contributed by atoms with Crippen molar-refractivity contribution in [2.24, 2.45) is 0 Å². The number of benzene rings is 3. The molecule has 0 saturated heterocycles. The lowest BCUT2D eigenvalue weighted by Crippen LogP contribution is -2.27. The van der Waals surface area contributed by atoms with Crippen LogP contribution in [-0.2, 0) is 14.5 Å². The first-order chi connectivity index (χ1) is 19.4. The van der Waals surface area contributed by atoms with E-state index in [-0.39, 0.29) is 38.3 Å². The fourth-order valence-electron chi connectivity index (χ4n) is 3.86. The van der Waals surface area contributed by atoms with Crippen molar-refractivity contribution in [3.8, 4) is 16.9 Å². The second-order valence-electron chi connectivity index (χ2n) is 9.96. The average Bonchev–Trinajstić information content (AvgIpc) is 2.93. The van der Waals surface area contributed by atoms with Crippen molar-refractivity contribution in [3.63, 3.8) is 0 Å². The van der Waals surface area contributed by atoms with Gasteiger partial charge in [-0.05, 0) is 86.5 Å². The zero-order valence-electron chi connectivity index (χ0n) is 22.9. The van der Waals surface area contributed by atoms with Gasteiger partial charge >= 0.3 is 6.09 Å². The summed E-state index contributed by atoms with van der Waals surface area (Å²) < 4.78 is 45.9. The van der Waals surface area contributed by atoms with E-state index in [9.17, 15) is 18.2 Å². The number of halogens is 1. The van der Waals surface area contributed by atoms with Crippen molar-refractivity contribution >= 4 is 33.1 Å². The van der Waals surface area contributed by atoms with Crippen molar-refractivity contribution in [2.75, 3.05) is 17.7 Å². The Balaban J connectivity index is 1.63. The summed E-state index contributed by atoms with van der Waals surface area (Å²) in [6, 6.07) is 18.1. The van der Waals surface area contributed by atoms with Gasteiger partial charge in [0, 0.05) is 18.0 Å². The van der Waals surface area contributed by atoms with Gasteiger partial charge < -0.3 is 14.8 Å². The number of nitrogens with zero attached hydrogens (tertiary/aromatic N) is 1. The van der Waals surface area contributed by atoms with Crippen LogP contribution in [0.15, 0.2) is 95.0 Å². The summed E-state index contributed by atoms with van der Waals surface area (Å²) in [6.07, 6.45) is 2.09. The Hall–Kier alpha value is -4.77. The van der Waals surface area contributed by atoms with Gasteiger partial charge in [-0.25, -0.2) is 18.2 Å². The molecule has 1 aromatic heterocycles. The van der Waals surface area contributed by atoms with E-state index < -0.39 is 27.3 Å². The third-order valence-corrected chi connectivity index (χ3v) is 7.67. The fraction of sp³-hybridized carbons (Fsp3) is 0.167. The molecule has 0 spiro atoms. The zero-order valence-corrected chi connectivity index (χ0v) is 23.7. The molecule has 0 radical (unpaired) electrons. The Kier molecular flexibility index (Phi) is 8.39. The first kappa shape index (κ1) is 29.2. The first-order valence-electron chi connectivity index (χ1n) is 12.5. The SMILES string of the molecule is COc1ccncc1S(=N)(=O)c1ccc(C(=O)Nc2cc(-c3ccc(F)cc3)ccc2NC(=O)OC(C)(C)C)cc1. The van der Waals surface area contributed by atoms with E-state index in [1.807, 2.05) is 0 Å². The smallest absolute Gasteiger partial charge is 0.412 e. The Morgan fingerprint density at radius 2 is 1.56 bits per heavy atom. The number of rotatable bonds is 7. The number of nitrogens with one attached hydrogen (secondary N) is 3. The number of carbonyl (C=O) groups is 2. The van der Waals surface area contributed by atoms with Crippen LogP contribution in [0.2, 0.25) is 0 Å². The number of carbonyl (C=O) groups excluding carboxylic acids is 2. The number of amides is 2. The van der Waals surface area contributed by atoms with Crippen LogP contribution in [0.4, 0.5) is 20.6 Å². The molecular weight excluding hydrogens is 547 g/mol. The summed E-state index contributed by atoms with van der Waals surface area (Å²) in [5, 5.41) is 5.45. The van der Waals surface area contributed by atoms with Gasteiger partial charge in [0.2, 0.25) is 0 Å². The fourth-order valence-corrected chi connectivity index (χ4v) is 5.28. The number of hydrogen-bond donors (Lipinski definition) is 3. The molecule has 1 atom stereocenters. The molecule has 2 amide bonds. The molecule has 4 aromatic rings. The monoisotopic (exact) mass is 576 g/mol. The van der Waals surface area contributed by atoms with Gasteiger partial charge in [0.25, 0.3) is 5.91 Å². The predicted octanol–water partition coefficient (Wildman–Crippen LogP) is 6.96. The molecule has 41 heavy (non-hydrogen) atoms. The van der Waals surface area contributed by atoms with Crippen molar-refractivity contribution in [1.29, 1.82) is 4.78 Å². The average molecular weight is 577 g/mol. The van der Waals surface area contributed by atoms with Crippen molar-refractivity contribution < 1.29 is 27.7 Å². The molecule has 3 aromatic carbocycles. The Morgan fingerprint density at radius 3 is 2.20 bits per heavy atom. The topological polar surface area (TPSA) is 130 Å². The lowest BCUT2D eigenvalue weighted by atomic mass is 10.0. The minimum absolute atomic E-state index is 0.121.